The SMILES string of the molecule is SC(c1ccccc1)c1ccccc1. The molecule has 0 aromatic heterocycles. The Morgan fingerprint density at radius 3 is 1.36 bits per heavy atom. The van der Waals surface area contributed by atoms with Gasteiger partial charge in [-0.15, -0.1) is 0 Å². The molecule has 0 saturated carbocycles. The predicted octanol–water partition coefficient (Wildman–Crippen LogP) is 3.71. The summed E-state index contributed by atoms with van der Waals surface area (Å²) in [6.45, 7) is 0. The molecule has 2 rings (SSSR count). The fraction of sp³-hybridized carbons (Fsp3) is 0.0769. The van der Waals surface area contributed by atoms with Crippen LogP contribution in [0.3, 0.4) is 0 Å². The summed E-state index contributed by atoms with van der Waals surface area (Å²) in [5.74, 6) is 0. The largest absolute Gasteiger partial charge is 0.166 e. The summed E-state index contributed by atoms with van der Waals surface area (Å²) < 4.78 is 0. The van der Waals surface area contributed by atoms with Crippen LogP contribution in [0, 0.1) is 0 Å². The van der Waals surface area contributed by atoms with Gasteiger partial charge in [-0.05, 0) is 11.1 Å². The Labute approximate surface area is 90.0 Å². The second-order valence-corrected chi connectivity index (χ2v) is 3.74. The fourth-order valence-electron chi connectivity index (χ4n) is 1.46. The molecule has 0 fully saturated rings. The highest BCUT2D eigenvalue weighted by Crippen LogP contribution is 2.27. The van der Waals surface area contributed by atoms with E-state index in [2.05, 4.69) is 36.9 Å². The molecule has 0 atom stereocenters. The molecule has 70 valence electrons. The van der Waals surface area contributed by atoms with Gasteiger partial charge in [-0.3, -0.25) is 0 Å². The molecule has 0 aliphatic rings. The van der Waals surface area contributed by atoms with Crippen LogP contribution in [0.2, 0.25) is 0 Å². The fourth-order valence-corrected chi connectivity index (χ4v) is 1.81. The summed E-state index contributed by atoms with van der Waals surface area (Å²) >= 11 is 4.61. The Morgan fingerprint density at radius 2 is 1.00 bits per heavy atom. The van der Waals surface area contributed by atoms with Crippen LogP contribution >= 0.6 is 12.6 Å². The molecule has 0 radical (unpaired) electrons. The number of rotatable bonds is 2. The predicted molar refractivity (Wildman–Crippen MR) is 63.7 cm³/mol. The minimum atomic E-state index is 0.178. The Morgan fingerprint density at radius 1 is 0.643 bits per heavy atom. The van der Waals surface area contributed by atoms with Crippen LogP contribution in [0.4, 0.5) is 0 Å². The van der Waals surface area contributed by atoms with E-state index in [1.54, 1.807) is 0 Å². The number of thiol groups is 1. The van der Waals surface area contributed by atoms with Gasteiger partial charge in [0.15, 0.2) is 0 Å². The third kappa shape index (κ3) is 1.99. The summed E-state index contributed by atoms with van der Waals surface area (Å²) in [5.41, 5.74) is 2.48. The van der Waals surface area contributed by atoms with E-state index in [1.165, 1.54) is 11.1 Å². The van der Waals surface area contributed by atoms with E-state index >= 15 is 0 Å². The van der Waals surface area contributed by atoms with Crippen LogP contribution in [0.5, 0.6) is 0 Å². The van der Waals surface area contributed by atoms with Crippen molar-refractivity contribution in [1.29, 1.82) is 0 Å². The standard InChI is InChI=1S/C13H12S/c14-13(11-7-3-1-4-8-11)12-9-5-2-6-10-12/h1-10,13-14H. The summed E-state index contributed by atoms with van der Waals surface area (Å²) in [4.78, 5) is 0. The van der Waals surface area contributed by atoms with Crippen molar-refractivity contribution in [3.63, 3.8) is 0 Å². The van der Waals surface area contributed by atoms with Gasteiger partial charge >= 0.3 is 0 Å². The molecule has 0 heterocycles. The Balaban J connectivity index is 2.30. The zero-order chi connectivity index (χ0) is 9.80. The minimum absolute atomic E-state index is 0.178. The summed E-state index contributed by atoms with van der Waals surface area (Å²) in [6.07, 6.45) is 0. The van der Waals surface area contributed by atoms with E-state index in [0.717, 1.165) is 0 Å². The Hall–Kier alpha value is -1.21. The van der Waals surface area contributed by atoms with Gasteiger partial charge < -0.3 is 0 Å². The summed E-state index contributed by atoms with van der Waals surface area (Å²) in [5, 5.41) is 0.178. The highest BCUT2D eigenvalue weighted by Gasteiger charge is 2.06. The third-order valence-corrected chi connectivity index (χ3v) is 2.83. The van der Waals surface area contributed by atoms with Gasteiger partial charge in [0.25, 0.3) is 0 Å². The van der Waals surface area contributed by atoms with Gasteiger partial charge in [0.05, 0.1) is 5.25 Å². The second-order valence-electron chi connectivity index (χ2n) is 3.22. The number of hydrogen-bond acceptors (Lipinski definition) is 1. The first kappa shape index (κ1) is 9.35. The minimum Gasteiger partial charge on any atom is -0.166 e. The smallest absolute Gasteiger partial charge is 0.0516 e. The molecule has 0 unspecified atom stereocenters. The van der Waals surface area contributed by atoms with Crippen LogP contribution in [0.1, 0.15) is 16.4 Å². The normalized spacial score (nSPS) is 10.4. The van der Waals surface area contributed by atoms with Gasteiger partial charge in [0.1, 0.15) is 0 Å². The van der Waals surface area contributed by atoms with Crippen LogP contribution in [0.25, 0.3) is 0 Å². The molecule has 1 heteroatoms. The highest BCUT2D eigenvalue weighted by atomic mass is 32.1. The lowest BCUT2D eigenvalue weighted by atomic mass is 10.0. The van der Waals surface area contributed by atoms with Crippen molar-refractivity contribution in [2.75, 3.05) is 0 Å². The Kier molecular flexibility index (Phi) is 2.90. The molecule has 0 amide bonds. The molecule has 0 nitrogen and oxygen atoms in total. The maximum atomic E-state index is 4.61. The molecule has 2 aromatic carbocycles. The molecule has 0 aliphatic carbocycles. The van der Waals surface area contributed by atoms with E-state index in [4.69, 9.17) is 0 Å². The molecule has 14 heavy (non-hydrogen) atoms. The molecule has 0 spiro atoms. The summed E-state index contributed by atoms with van der Waals surface area (Å²) in [6, 6.07) is 20.6. The van der Waals surface area contributed by atoms with Gasteiger partial charge in [-0.2, -0.15) is 12.6 Å². The van der Waals surface area contributed by atoms with E-state index in [0.29, 0.717) is 0 Å². The first-order chi connectivity index (χ1) is 6.88. The van der Waals surface area contributed by atoms with Crippen molar-refractivity contribution in [2.45, 2.75) is 5.25 Å². The van der Waals surface area contributed by atoms with E-state index in [-0.39, 0.29) is 5.25 Å². The average Bonchev–Trinajstić information content (AvgIpc) is 2.30. The van der Waals surface area contributed by atoms with E-state index in [1.807, 2.05) is 36.4 Å². The Bertz CT molecular complexity index is 341. The molecule has 0 saturated heterocycles. The zero-order valence-corrected chi connectivity index (χ0v) is 8.69. The lowest BCUT2D eigenvalue weighted by molar-refractivity contribution is 1.17. The highest BCUT2D eigenvalue weighted by molar-refractivity contribution is 7.80. The quantitative estimate of drug-likeness (QED) is 0.702. The maximum absolute atomic E-state index is 4.61. The van der Waals surface area contributed by atoms with Crippen molar-refractivity contribution < 1.29 is 0 Å². The molecular formula is C13H12S. The molecule has 2 aromatic rings. The maximum Gasteiger partial charge on any atom is 0.0516 e. The first-order valence-electron chi connectivity index (χ1n) is 4.66. The van der Waals surface area contributed by atoms with Gasteiger partial charge in [-0.25, -0.2) is 0 Å². The molecule has 0 aliphatic heterocycles. The van der Waals surface area contributed by atoms with E-state index in [9.17, 15) is 0 Å². The molecular weight excluding hydrogens is 188 g/mol. The van der Waals surface area contributed by atoms with Crippen molar-refractivity contribution in [3.05, 3.63) is 71.8 Å². The average molecular weight is 200 g/mol. The summed E-state index contributed by atoms with van der Waals surface area (Å²) in [7, 11) is 0. The van der Waals surface area contributed by atoms with Crippen LogP contribution in [0.15, 0.2) is 60.7 Å². The number of benzene rings is 2. The van der Waals surface area contributed by atoms with Crippen LogP contribution in [-0.4, -0.2) is 0 Å². The third-order valence-electron chi connectivity index (χ3n) is 2.23. The second kappa shape index (κ2) is 4.34. The van der Waals surface area contributed by atoms with Crippen molar-refractivity contribution in [2.24, 2.45) is 0 Å². The van der Waals surface area contributed by atoms with Gasteiger partial charge in [0.2, 0.25) is 0 Å². The lowest BCUT2D eigenvalue weighted by Gasteiger charge is -2.10. The van der Waals surface area contributed by atoms with Crippen LogP contribution < -0.4 is 0 Å². The molecule has 0 N–H and O–H groups in total. The van der Waals surface area contributed by atoms with Crippen molar-refractivity contribution in [3.8, 4) is 0 Å². The monoisotopic (exact) mass is 200 g/mol. The van der Waals surface area contributed by atoms with E-state index < -0.39 is 0 Å². The molecule has 0 bridgehead atoms. The first-order valence-corrected chi connectivity index (χ1v) is 5.17. The number of hydrogen-bond donors (Lipinski definition) is 1. The zero-order valence-electron chi connectivity index (χ0n) is 7.80. The topological polar surface area (TPSA) is 0 Å². The van der Waals surface area contributed by atoms with Gasteiger partial charge in [-0.1, -0.05) is 60.7 Å². The van der Waals surface area contributed by atoms with Crippen molar-refractivity contribution in [1.82, 2.24) is 0 Å². The van der Waals surface area contributed by atoms with Crippen molar-refractivity contribution >= 4 is 12.6 Å². The van der Waals surface area contributed by atoms with Crippen LogP contribution in [-0.2, 0) is 0 Å². The van der Waals surface area contributed by atoms with Gasteiger partial charge in [0, 0.05) is 0 Å². The lowest BCUT2D eigenvalue weighted by Crippen LogP contribution is -1.91.